The van der Waals surface area contributed by atoms with E-state index in [9.17, 15) is 9.59 Å². The summed E-state index contributed by atoms with van der Waals surface area (Å²) < 4.78 is 5.52. The Morgan fingerprint density at radius 1 is 0.900 bits per heavy atom. The van der Waals surface area contributed by atoms with Crippen LogP contribution in [0.3, 0.4) is 0 Å². The molecule has 3 aromatic rings. The summed E-state index contributed by atoms with van der Waals surface area (Å²) in [4.78, 5) is 24.2. The van der Waals surface area contributed by atoms with Gasteiger partial charge in [0.05, 0.1) is 5.71 Å². The molecule has 0 radical (unpaired) electrons. The molecule has 0 fully saturated rings. The molecular weight excluding hydrogens is 378 g/mol. The quantitative estimate of drug-likeness (QED) is 0.461. The van der Waals surface area contributed by atoms with Crippen molar-refractivity contribution in [3.05, 3.63) is 95.6 Å². The smallest absolute Gasteiger partial charge is 0.271 e. The number of anilines is 1. The molecule has 0 aromatic heterocycles. The standard InChI is InChI=1S/C24H23N3O3/c1-17-8-6-7-11-22(17)24(29)27-26-18(2)19-12-14-21(15-13-19)30-16-23(28)25-20-9-4-3-5-10-20/h3-15H,16H2,1-2H3,(H,25,28)(H,27,29)/b26-18-. The van der Waals surface area contributed by atoms with Crippen LogP contribution in [0.2, 0.25) is 0 Å². The molecule has 152 valence electrons. The van der Waals surface area contributed by atoms with Crippen LogP contribution < -0.4 is 15.5 Å². The van der Waals surface area contributed by atoms with Crippen molar-refractivity contribution in [3.63, 3.8) is 0 Å². The number of benzene rings is 3. The van der Waals surface area contributed by atoms with Crippen molar-refractivity contribution < 1.29 is 14.3 Å². The van der Waals surface area contributed by atoms with Gasteiger partial charge in [-0.3, -0.25) is 9.59 Å². The molecule has 3 rings (SSSR count). The highest BCUT2D eigenvalue weighted by Crippen LogP contribution is 2.13. The Morgan fingerprint density at radius 3 is 2.27 bits per heavy atom. The number of aryl methyl sites for hydroxylation is 1. The summed E-state index contributed by atoms with van der Waals surface area (Å²) in [5.74, 6) is 0.0810. The molecule has 6 heteroatoms. The number of carbonyl (C=O) groups is 2. The van der Waals surface area contributed by atoms with E-state index in [4.69, 9.17) is 4.74 Å². The van der Waals surface area contributed by atoms with Crippen molar-refractivity contribution in [2.45, 2.75) is 13.8 Å². The fourth-order valence-electron chi connectivity index (χ4n) is 2.75. The zero-order valence-corrected chi connectivity index (χ0v) is 16.9. The Labute approximate surface area is 175 Å². The van der Waals surface area contributed by atoms with E-state index in [1.807, 2.05) is 67.6 Å². The predicted molar refractivity (Wildman–Crippen MR) is 118 cm³/mol. The van der Waals surface area contributed by atoms with E-state index in [0.717, 1.165) is 16.8 Å². The Morgan fingerprint density at radius 2 is 1.57 bits per heavy atom. The highest BCUT2D eigenvalue weighted by atomic mass is 16.5. The summed E-state index contributed by atoms with van der Waals surface area (Å²) in [6, 6.07) is 23.7. The van der Waals surface area contributed by atoms with Crippen molar-refractivity contribution >= 4 is 23.2 Å². The highest BCUT2D eigenvalue weighted by molar-refractivity contribution is 6.01. The molecule has 3 aromatic carbocycles. The van der Waals surface area contributed by atoms with Crippen LogP contribution >= 0.6 is 0 Å². The minimum absolute atomic E-state index is 0.0895. The Balaban J connectivity index is 1.53. The fourth-order valence-corrected chi connectivity index (χ4v) is 2.75. The van der Waals surface area contributed by atoms with Gasteiger partial charge in [-0.25, -0.2) is 5.43 Å². The number of carbonyl (C=O) groups excluding carboxylic acids is 2. The zero-order chi connectivity index (χ0) is 21.3. The van der Waals surface area contributed by atoms with Gasteiger partial charge in [0.1, 0.15) is 5.75 Å². The van der Waals surface area contributed by atoms with Crippen LogP contribution in [0, 0.1) is 6.92 Å². The second kappa shape index (κ2) is 10.0. The molecule has 0 saturated heterocycles. The molecule has 2 N–H and O–H groups in total. The number of hydrogen-bond acceptors (Lipinski definition) is 4. The van der Waals surface area contributed by atoms with Crippen LogP contribution in [0.1, 0.15) is 28.4 Å². The summed E-state index contributed by atoms with van der Waals surface area (Å²) in [5, 5.41) is 6.94. The topological polar surface area (TPSA) is 79.8 Å². The van der Waals surface area contributed by atoms with Gasteiger partial charge in [-0.1, -0.05) is 36.4 Å². The number of hydrazone groups is 1. The predicted octanol–water partition coefficient (Wildman–Crippen LogP) is 4.17. The normalized spacial score (nSPS) is 10.9. The maximum absolute atomic E-state index is 12.3. The van der Waals surface area contributed by atoms with E-state index in [0.29, 0.717) is 17.0 Å². The first kappa shape index (κ1) is 20.8. The minimum Gasteiger partial charge on any atom is -0.484 e. The summed E-state index contributed by atoms with van der Waals surface area (Å²) >= 11 is 0. The minimum atomic E-state index is -0.253. The SMILES string of the molecule is C/C(=N/NC(=O)c1ccccc1C)c1ccc(OCC(=O)Nc2ccccc2)cc1. The number of amides is 2. The first-order valence-corrected chi connectivity index (χ1v) is 9.51. The molecule has 0 saturated carbocycles. The third-order valence-electron chi connectivity index (χ3n) is 4.41. The van der Waals surface area contributed by atoms with E-state index in [2.05, 4.69) is 15.8 Å². The van der Waals surface area contributed by atoms with E-state index >= 15 is 0 Å². The number of hydrogen-bond donors (Lipinski definition) is 2. The van der Waals surface area contributed by atoms with Crippen LogP contribution in [0.25, 0.3) is 0 Å². The number of para-hydroxylation sites is 1. The van der Waals surface area contributed by atoms with Crippen LogP contribution in [-0.2, 0) is 4.79 Å². The highest BCUT2D eigenvalue weighted by Gasteiger charge is 2.08. The molecule has 2 amide bonds. The van der Waals surface area contributed by atoms with Crippen LogP contribution in [0.5, 0.6) is 5.75 Å². The van der Waals surface area contributed by atoms with Gasteiger partial charge in [0.2, 0.25) is 0 Å². The number of ether oxygens (including phenoxy) is 1. The molecule has 0 atom stereocenters. The van der Waals surface area contributed by atoms with Crippen molar-refractivity contribution in [2.75, 3.05) is 11.9 Å². The van der Waals surface area contributed by atoms with E-state index < -0.39 is 0 Å². The Kier molecular flexibility index (Phi) is 6.95. The van der Waals surface area contributed by atoms with Gasteiger partial charge in [0.25, 0.3) is 11.8 Å². The lowest BCUT2D eigenvalue weighted by atomic mass is 10.1. The van der Waals surface area contributed by atoms with Gasteiger partial charge in [0.15, 0.2) is 6.61 Å². The lowest BCUT2D eigenvalue weighted by Crippen LogP contribution is -2.20. The third-order valence-corrected chi connectivity index (χ3v) is 4.41. The molecule has 30 heavy (non-hydrogen) atoms. The molecule has 0 spiro atoms. The lowest BCUT2D eigenvalue weighted by molar-refractivity contribution is -0.118. The average Bonchev–Trinajstić information content (AvgIpc) is 2.77. The van der Waals surface area contributed by atoms with Gasteiger partial charge in [-0.05, 0) is 67.4 Å². The van der Waals surface area contributed by atoms with Gasteiger partial charge in [-0.15, -0.1) is 0 Å². The maximum Gasteiger partial charge on any atom is 0.271 e. The first-order valence-electron chi connectivity index (χ1n) is 9.51. The van der Waals surface area contributed by atoms with Crippen LogP contribution in [0.4, 0.5) is 5.69 Å². The molecule has 6 nitrogen and oxygen atoms in total. The van der Waals surface area contributed by atoms with Gasteiger partial charge in [0, 0.05) is 11.3 Å². The average molecular weight is 401 g/mol. The summed E-state index contributed by atoms with van der Waals surface area (Å²) in [7, 11) is 0. The summed E-state index contributed by atoms with van der Waals surface area (Å²) in [6.45, 7) is 3.60. The molecule has 0 aliphatic rings. The van der Waals surface area contributed by atoms with Gasteiger partial charge in [-0.2, -0.15) is 5.10 Å². The molecule has 0 bridgehead atoms. The molecule has 0 unspecified atom stereocenters. The molecule has 0 aliphatic carbocycles. The largest absolute Gasteiger partial charge is 0.484 e. The first-order chi connectivity index (χ1) is 14.5. The van der Waals surface area contributed by atoms with Gasteiger partial charge < -0.3 is 10.1 Å². The fraction of sp³-hybridized carbons (Fsp3) is 0.125. The second-order valence-electron chi connectivity index (χ2n) is 6.68. The van der Waals surface area contributed by atoms with Crippen molar-refractivity contribution in [2.24, 2.45) is 5.10 Å². The second-order valence-corrected chi connectivity index (χ2v) is 6.68. The monoisotopic (exact) mass is 401 g/mol. The Bertz CT molecular complexity index is 1040. The van der Waals surface area contributed by atoms with E-state index in [1.165, 1.54) is 0 Å². The molecular formula is C24H23N3O3. The third kappa shape index (κ3) is 5.78. The zero-order valence-electron chi connectivity index (χ0n) is 16.9. The lowest BCUT2D eigenvalue weighted by Gasteiger charge is -2.08. The Hall–Kier alpha value is -3.93. The molecule has 0 heterocycles. The summed E-state index contributed by atoms with van der Waals surface area (Å²) in [5.41, 5.74) is 6.27. The number of nitrogens with one attached hydrogen (secondary N) is 2. The van der Waals surface area contributed by atoms with Crippen molar-refractivity contribution in [1.29, 1.82) is 0 Å². The van der Waals surface area contributed by atoms with Crippen LogP contribution in [-0.4, -0.2) is 24.1 Å². The maximum atomic E-state index is 12.3. The van der Waals surface area contributed by atoms with Crippen molar-refractivity contribution in [3.8, 4) is 5.75 Å². The van der Waals surface area contributed by atoms with Gasteiger partial charge >= 0.3 is 0 Å². The van der Waals surface area contributed by atoms with Crippen molar-refractivity contribution in [1.82, 2.24) is 5.43 Å². The molecule has 0 aliphatic heterocycles. The van der Waals surface area contributed by atoms with E-state index in [1.54, 1.807) is 25.1 Å². The number of nitrogens with zero attached hydrogens (tertiary/aromatic N) is 1. The van der Waals surface area contributed by atoms with E-state index in [-0.39, 0.29) is 18.4 Å². The van der Waals surface area contributed by atoms with Crippen LogP contribution in [0.15, 0.2) is 84.0 Å². The number of rotatable bonds is 7. The summed E-state index contributed by atoms with van der Waals surface area (Å²) in [6.07, 6.45) is 0.